The molecule has 0 aromatic heterocycles. The van der Waals surface area contributed by atoms with E-state index < -0.39 is 10.0 Å². The minimum Gasteiger partial charge on any atom is -0.378 e. The summed E-state index contributed by atoms with van der Waals surface area (Å²) in [5, 5.41) is 2.97. The van der Waals surface area contributed by atoms with Gasteiger partial charge in [-0.3, -0.25) is 4.79 Å². The molecule has 0 bridgehead atoms. The van der Waals surface area contributed by atoms with Gasteiger partial charge in [0.25, 0.3) is 5.91 Å². The second-order valence-electron chi connectivity index (χ2n) is 9.13. The third kappa shape index (κ3) is 5.45. The zero-order valence-corrected chi connectivity index (χ0v) is 20.9. The molecule has 2 aliphatic heterocycles. The molecule has 2 aromatic carbocycles. The number of carbonyl (C=O) groups is 1. The Labute approximate surface area is 203 Å². The van der Waals surface area contributed by atoms with Gasteiger partial charge in [0.2, 0.25) is 10.0 Å². The van der Waals surface area contributed by atoms with Gasteiger partial charge in [-0.1, -0.05) is 32.4 Å². The Morgan fingerprint density at radius 1 is 1.00 bits per heavy atom. The molecule has 1 atom stereocenters. The molecule has 1 unspecified atom stereocenters. The molecule has 0 radical (unpaired) electrons. The number of rotatable bonds is 7. The molecule has 184 valence electrons. The number of piperidine rings is 1. The first-order chi connectivity index (χ1) is 16.4. The van der Waals surface area contributed by atoms with Gasteiger partial charge >= 0.3 is 0 Å². The number of nitrogens with zero attached hydrogens (tertiary/aromatic N) is 2. The van der Waals surface area contributed by atoms with Crippen LogP contribution < -0.4 is 10.2 Å². The van der Waals surface area contributed by atoms with Crippen molar-refractivity contribution in [2.75, 3.05) is 49.6 Å². The highest BCUT2D eigenvalue weighted by atomic mass is 32.2. The molecule has 2 saturated heterocycles. The summed E-state index contributed by atoms with van der Waals surface area (Å²) in [6.45, 7) is 7.84. The molecule has 1 amide bonds. The van der Waals surface area contributed by atoms with Gasteiger partial charge in [0.15, 0.2) is 0 Å². The Morgan fingerprint density at radius 2 is 1.68 bits per heavy atom. The molecule has 2 heterocycles. The highest BCUT2D eigenvalue weighted by Crippen LogP contribution is 2.29. The topological polar surface area (TPSA) is 79.0 Å². The standard InChI is InChI=1S/C26H35N3O4S/c1-3-20(2)21-7-9-22(10-8-21)27-26(30)24-19-23(34(31,32)29-13-5-4-6-14-29)11-12-25(24)28-15-17-33-18-16-28/h7-12,19-20H,3-6,13-18H2,1-2H3,(H,27,30). The highest BCUT2D eigenvalue weighted by molar-refractivity contribution is 7.89. The lowest BCUT2D eigenvalue weighted by Crippen LogP contribution is -2.38. The fraction of sp³-hybridized carbons (Fsp3) is 0.500. The molecule has 0 saturated carbocycles. The summed E-state index contributed by atoms with van der Waals surface area (Å²) < 4.78 is 33.6. The van der Waals surface area contributed by atoms with Crippen molar-refractivity contribution in [1.82, 2.24) is 4.31 Å². The molecule has 34 heavy (non-hydrogen) atoms. The summed E-state index contributed by atoms with van der Waals surface area (Å²) in [5.74, 6) is 0.142. The molecule has 2 aliphatic rings. The lowest BCUT2D eigenvalue weighted by atomic mass is 9.98. The molecular weight excluding hydrogens is 450 g/mol. The maximum Gasteiger partial charge on any atom is 0.257 e. The zero-order valence-electron chi connectivity index (χ0n) is 20.1. The SMILES string of the molecule is CCC(C)c1ccc(NC(=O)c2cc(S(=O)(=O)N3CCCCC3)ccc2N2CCOCC2)cc1. The number of carbonyl (C=O) groups excluding carboxylic acids is 1. The Bertz CT molecular complexity index is 1090. The summed E-state index contributed by atoms with van der Waals surface area (Å²) in [5.41, 5.74) is 3.01. The van der Waals surface area contributed by atoms with E-state index >= 15 is 0 Å². The second-order valence-corrected chi connectivity index (χ2v) is 11.1. The van der Waals surface area contributed by atoms with Gasteiger partial charge in [0.1, 0.15) is 0 Å². The largest absolute Gasteiger partial charge is 0.378 e. The van der Waals surface area contributed by atoms with Crippen molar-refractivity contribution in [3.8, 4) is 0 Å². The van der Waals surface area contributed by atoms with Crippen LogP contribution in [0.5, 0.6) is 0 Å². The van der Waals surface area contributed by atoms with Crippen LogP contribution in [0.4, 0.5) is 11.4 Å². The number of anilines is 2. The number of amides is 1. The van der Waals surface area contributed by atoms with Crippen LogP contribution in [0.1, 0.15) is 61.4 Å². The summed E-state index contributed by atoms with van der Waals surface area (Å²) in [6.07, 6.45) is 3.83. The normalized spacial score (nSPS) is 18.5. The quantitative estimate of drug-likeness (QED) is 0.626. The fourth-order valence-electron chi connectivity index (χ4n) is 4.52. The van der Waals surface area contributed by atoms with E-state index in [-0.39, 0.29) is 10.8 Å². The zero-order chi connectivity index (χ0) is 24.1. The van der Waals surface area contributed by atoms with Crippen LogP contribution in [0, 0.1) is 0 Å². The van der Waals surface area contributed by atoms with E-state index in [0.717, 1.165) is 31.4 Å². The molecule has 0 spiro atoms. The van der Waals surface area contributed by atoms with Crippen LogP contribution in [0.25, 0.3) is 0 Å². The first kappa shape index (κ1) is 24.7. The van der Waals surface area contributed by atoms with E-state index in [9.17, 15) is 13.2 Å². The van der Waals surface area contributed by atoms with Gasteiger partial charge in [-0.15, -0.1) is 0 Å². The molecule has 4 rings (SSSR count). The second kappa shape index (κ2) is 10.9. The summed E-state index contributed by atoms with van der Waals surface area (Å²) in [4.78, 5) is 15.7. The monoisotopic (exact) mass is 485 g/mol. The van der Waals surface area contributed by atoms with Crippen molar-refractivity contribution in [1.29, 1.82) is 0 Å². The molecule has 2 fully saturated rings. The van der Waals surface area contributed by atoms with E-state index in [1.807, 2.05) is 24.3 Å². The van der Waals surface area contributed by atoms with Crippen LogP contribution in [0.2, 0.25) is 0 Å². The van der Waals surface area contributed by atoms with Crippen molar-refractivity contribution in [3.05, 3.63) is 53.6 Å². The maximum atomic E-state index is 13.4. The summed E-state index contributed by atoms with van der Waals surface area (Å²) in [6, 6.07) is 12.8. The van der Waals surface area contributed by atoms with Crippen LogP contribution in [0.3, 0.4) is 0 Å². The van der Waals surface area contributed by atoms with Gasteiger partial charge in [-0.2, -0.15) is 4.31 Å². The predicted octanol–water partition coefficient (Wildman–Crippen LogP) is 4.46. The maximum absolute atomic E-state index is 13.4. The van der Waals surface area contributed by atoms with Crippen molar-refractivity contribution in [2.24, 2.45) is 0 Å². The Balaban J connectivity index is 1.64. The minimum atomic E-state index is -3.65. The molecule has 0 aliphatic carbocycles. The van der Waals surface area contributed by atoms with E-state index in [2.05, 4.69) is 24.1 Å². The Morgan fingerprint density at radius 3 is 2.32 bits per heavy atom. The van der Waals surface area contributed by atoms with Crippen molar-refractivity contribution in [3.63, 3.8) is 0 Å². The minimum absolute atomic E-state index is 0.170. The average Bonchev–Trinajstić information content (AvgIpc) is 2.89. The van der Waals surface area contributed by atoms with Crippen LogP contribution in [-0.2, 0) is 14.8 Å². The highest BCUT2D eigenvalue weighted by Gasteiger charge is 2.28. The van der Waals surface area contributed by atoms with Crippen molar-refractivity contribution in [2.45, 2.75) is 50.3 Å². The molecule has 8 heteroatoms. The molecule has 7 nitrogen and oxygen atoms in total. The first-order valence-electron chi connectivity index (χ1n) is 12.3. The van der Waals surface area contributed by atoms with Crippen LogP contribution in [0.15, 0.2) is 47.4 Å². The van der Waals surface area contributed by atoms with E-state index in [4.69, 9.17) is 4.74 Å². The van der Waals surface area contributed by atoms with Crippen molar-refractivity contribution < 1.29 is 17.9 Å². The van der Waals surface area contributed by atoms with Gasteiger partial charge in [0.05, 0.1) is 23.7 Å². The van der Waals surface area contributed by atoms with Gasteiger partial charge in [-0.25, -0.2) is 8.42 Å². The summed E-state index contributed by atoms with van der Waals surface area (Å²) >= 11 is 0. The number of ether oxygens (including phenoxy) is 1. The van der Waals surface area contributed by atoms with E-state index in [1.165, 1.54) is 15.9 Å². The van der Waals surface area contributed by atoms with E-state index in [1.54, 1.807) is 12.1 Å². The smallest absolute Gasteiger partial charge is 0.257 e. The Kier molecular flexibility index (Phi) is 7.91. The first-order valence-corrected chi connectivity index (χ1v) is 13.7. The number of morpholine rings is 1. The molecular formula is C26H35N3O4S. The number of benzene rings is 2. The number of nitrogens with one attached hydrogen (secondary N) is 1. The third-order valence-electron chi connectivity index (χ3n) is 6.87. The third-order valence-corrected chi connectivity index (χ3v) is 8.76. The predicted molar refractivity (Wildman–Crippen MR) is 135 cm³/mol. The van der Waals surface area contributed by atoms with Crippen LogP contribution in [-0.4, -0.2) is 58.0 Å². The fourth-order valence-corrected chi connectivity index (χ4v) is 6.06. The van der Waals surface area contributed by atoms with Gasteiger partial charge in [0, 0.05) is 37.6 Å². The lowest BCUT2D eigenvalue weighted by Gasteiger charge is -2.31. The van der Waals surface area contributed by atoms with Crippen molar-refractivity contribution >= 4 is 27.3 Å². The van der Waals surface area contributed by atoms with E-state index in [0.29, 0.717) is 56.6 Å². The van der Waals surface area contributed by atoms with Gasteiger partial charge in [-0.05, 0) is 61.1 Å². The number of sulfonamides is 1. The number of hydrogen-bond acceptors (Lipinski definition) is 5. The lowest BCUT2D eigenvalue weighted by molar-refractivity contribution is 0.102. The molecule has 1 N–H and O–H groups in total. The summed E-state index contributed by atoms with van der Waals surface area (Å²) in [7, 11) is -3.65. The van der Waals surface area contributed by atoms with Crippen LogP contribution >= 0.6 is 0 Å². The average molecular weight is 486 g/mol. The van der Waals surface area contributed by atoms with Gasteiger partial charge < -0.3 is 15.0 Å². The number of hydrogen-bond donors (Lipinski definition) is 1. The Hall–Kier alpha value is -2.42. The molecule has 2 aromatic rings.